The van der Waals surface area contributed by atoms with Crippen LogP contribution in [-0.4, -0.2) is 375 Å². The Hall–Kier alpha value is -9.24. The molecule has 22 aliphatic rings. The monoisotopic (exact) mass is 1770 g/mol. The number of aromatic nitrogens is 6. The van der Waals surface area contributed by atoms with Gasteiger partial charge in [-0.1, -0.05) is 0 Å². The lowest BCUT2D eigenvalue weighted by Gasteiger charge is -2.53. The lowest BCUT2D eigenvalue weighted by molar-refractivity contribution is -0.409. The highest BCUT2D eigenvalue weighted by Gasteiger charge is 2.62. The zero-order valence-corrected chi connectivity index (χ0v) is 70.8. The second kappa shape index (κ2) is 45.6. The van der Waals surface area contributed by atoms with E-state index in [9.17, 15) is 28.8 Å². The molecule has 42 nitrogen and oxygen atoms in total. The minimum atomic E-state index is -1.65. The summed E-state index contributed by atoms with van der Waals surface area (Å²) in [5.74, 6) is -4.95. The third-order valence-corrected chi connectivity index (χ3v) is 22.3. The topological polar surface area (TPSA) is 457 Å². The van der Waals surface area contributed by atoms with Gasteiger partial charge in [0.15, 0.2) is 37.7 Å². The Morgan fingerprint density at radius 2 is 0.317 bits per heavy atom. The van der Waals surface area contributed by atoms with Crippen molar-refractivity contribution in [1.82, 2.24) is 29.9 Å². The molecule has 30 atom stereocenters. The molecule has 0 spiro atoms. The Kier molecular flexibility index (Phi) is 34.2. The Morgan fingerprint density at radius 1 is 0.198 bits per heavy atom. The standard InChI is InChI=1S/C84H102N6O36/c1-97-61-55-49(37-109-73(91)43-13-25-85-26-14-43)115-79(67(61)103-7)122-56-50(38-110-74(92)44-15-27-86-28-16-44)117-81(69(105-9)62(56)98-2)124-58-52(40-112-76(94)46-19-31-88-32-20-46)119-83(71(107-11)64(58)100-4)126-60-54(42-114-78(96)48-23-35-90-36-24-48)120-84(72(108-12)66(60)102-6)125-59-53(41-113-77(95)47-21-33-89-34-22-47)118-82(70(106-10)65(59)101-5)123-57-51(39-111-75(93)45-17-29-87-30-18-45)116-80(121-55)68(104-8)63(57)99-3/h13-36,49-72,79-84H,37-42H2,1-12H3. The molecule has 22 saturated heterocycles. The largest absolute Gasteiger partial charge is 0.459 e. The maximum Gasteiger partial charge on any atom is 0.338 e. The van der Waals surface area contributed by atoms with E-state index < -0.39 is 260 Å². The molecule has 22 aliphatic heterocycles. The first-order valence-corrected chi connectivity index (χ1v) is 40.1. The summed E-state index contributed by atoms with van der Waals surface area (Å²) in [6.07, 6.45) is -27.3. The number of hydrogen-bond donors (Lipinski definition) is 0. The predicted octanol–water partition coefficient (Wildman–Crippen LogP) is 2.35. The fraction of sp³-hybridized carbons (Fsp3) is 0.571. The summed E-state index contributed by atoms with van der Waals surface area (Å²) in [5, 5.41) is 0. The highest BCUT2D eigenvalue weighted by molar-refractivity contribution is 5.91. The van der Waals surface area contributed by atoms with E-state index in [-0.39, 0.29) is 33.4 Å². The Bertz CT molecular complexity index is 3680. The van der Waals surface area contributed by atoms with Gasteiger partial charge in [0.25, 0.3) is 0 Å². The van der Waals surface area contributed by atoms with Gasteiger partial charge in [-0.3, -0.25) is 29.9 Å². The van der Waals surface area contributed by atoms with Gasteiger partial charge < -0.3 is 142 Å². The van der Waals surface area contributed by atoms with Gasteiger partial charge in [0.1, 0.15) is 186 Å². The Labute approximate surface area is 723 Å². The van der Waals surface area contributed by atoms with Crippen LogP contribution in [0.2, 0.25) is 0 Å². The summed E-state index contributed by atoms with van der Waals surface area (Å²) in [7, 11) is 16.1. The predicted molar refractivity (Wildman–Crippen MR) is 418 cm³/mol. The molecule has 0 radical (unpaired) electrons. The van der Waals surface area contributed by atoms with Gasteiger partial charge in [-0.15, -0.1) is 0 Å². The van der Waals surface area contributed by atoms with Gasteiger partial charge in [0.05, 0.1) is 33.4 Å². The second-order valence-corrected chi connectivity index (χ2v) is 29.3. The van der Waals surface area contributed by atoms with Crippen LogP contribution >= 0.6 is 0 Å². The first-order valence-electron chi connectivity index (χ1n) is 40.1. The van der Waals surface area contributed by atoms with Crippen LogP contribution < -0.4 is 0 Å². The number of esters is 6. The van der Waals surface area contributed by atoms with Crippen LogP contribution in [0.5, 0.6) is 0 Å². The molecule has 0 saturated carbocycles. The van der Waals surface area contributed by atoms with Gasteiger partial charge in [0, 0.05) is 160 Å². The van der Waals surface area contributed by atoms with E-state index in [4.69, 9.17) is 142 Å². The molecule has 28 rings (SSSR count). The molecule has 6 aromatic rings. The van der Waals surface area contributed by atoms with Crippen LogP contribution in [0.3, 0.4) is 0 Å². The van der Waals surface area contributed by atoms with Gasteiger partial charge in [0.2, 0.25) is 0 Å². The maximum atomic E-state index is 14.2. The average Bonchev–Trinajstić information content (AvgIpc) is 0.758. The zero-order chi connectivity index (χ0) is 88.9. The molecule has 0 amide bonds. The van der Waals surface area contributed by atoms with E-state index >= 15 is 0 Å². The molecule has 22 fully saturated rings. The van der Waals surface area contributed by atoms with Crippen molar-refractivity contribution >= 4 is 35.8 Å². The smallest absolute Gasteiger partial charge is 0.338 e. The molecule has 684 valence electrons. The molecule has 42 heteroatoms. The maximum absolute atomic E-state index is 14.2. The van der Waals surface area contributed by atoms with Crippen molar-refractivity contribution in [2.75, 3.05) is 125 Å². The quantitative estimate of drug-likeness (QED) is 0.0461. The third kappa shape index (κ3) is 21.8. The number of pyridine rings is 6. The summed E-state index contributed by atoms with van der Waals surface area (Å²) >= 11 is 0. The zero-order valence-electron chi connectivity index (χ0n) is 70.8. The van der Waals surface area contributed by atoms with Crippen molar-refractivity contribution < 1.29 is 171 Å². The number of rotatable bonds is 30. The molecule has 28 heterocycles. The van der Waals surface area contributed by atoms with Crippen molar-refractivity contribution in [3.8, 4) is 0 Å². The van der Waals surface area contributed by atoms with Crippen molar-refractivity contribution in [3.63, 3.8) is 0 Å². The minimum Gasteiger partial charge on any atom is -0.459 e. The van der Waals surface area contributed by atoms with Crippen LogP contribution in [-0.2, 0) is 142 Å². The van der Waals surface area contributed by atoms with Crippen LogP contribution in [0.15, 0.2) is 147 Å². The van der Waals surface area contributed by atoms with E-state index in [0.717, 1.165) is 0 Å². The molecule has 6 aromatic heterocycles. The molecule has 126 heavy (non-hydrogen) atoms. The number of hydrogen-bond acceptors (Lipinski definition) is 42. The lowest BCUT2D eigenvalue weighted by atomic mass is 9.94. The van der Waals surface area contributed by atoms with Crippen molar-refractivity contribution in [3.05, 3.63) is 181 Å². The van der Waals surface area contributed by atoms with Crippen LogP contribution in [0.1, 0.15) is 62.1 Å². The average molecular weight is 1770 g/mol. The number of carbonyl (C=O) groups is 6. The number of methoxy groups -OCH3 is 12. The van der Waals surface area contributed by atoms with Crippen LogP contribution in [0, 0.1) is 0 Å². The summed E-state index contributed by atoms with van der Waals surface area (Å²) in [6.45, 7) is -3.80. The van der Waals surface area contributed by atoms with Crippen molar-refractivity contribution in [2.24, 2.45) is 0 Å². The van der Waals surface area contributed by atoms with Crippen LogP contribution in [0.4, 0.5) is 0 Å². The third-order valence-electron chi connectivity index (χ3n) is 22.3. The van der Waals surface area contributed by atoms with Crippen molar-refractivity contribution in [1.29, 1.82) is 0 Å². The number of nitrogens with zero attached hydrogens (tertiary/aromatic N) is 6. The summed E-state index contributed by atoms with van der Waals surface area (Å²) in [4.78, 5) is 110. The molecule has 0 aliphatic carbocycles. The number of ether oxygens (including phenoxy) is 30. The van der Waals surface area contributed by atoms with E-state index in [1.165, 1.54) is 232 Å². The van der Waals surface area contributed by atoms with Crippen molar-refractivity contribution in [2.45, 2.75) is 184 Å². The van der Waals surface area contributed by atoms with E-state index in [2.05, 4.69) is 29.9 Å². The van der Waals surface area contributed by atoms with Gasteiger partial charge in [-0.05, 0) is 72.8 Å². The van der Waals surface area contributed by atoms with Gasteiger partial charge in [-0.2, -0.15) is 0 Å². The fourth-order valence-electron chi connectivity index (χ4n) is 16.1. The highest BCUT2D eigenvalue weighted by Crippen LogP contribution is 2.43. The SMILES string of the molecule is COC1C2OC(COC(=O)c3ccncc3)C(OC3OC(COC(=O)c4ccncc4)C(OC4OC(COC(=O)c5ccncc5)C(OC5OC(COC(=O)c6ccncc6)C(OC6OC(COC(=O)c7ccncc7)C(OC7OC(COC(=O)c8ccncc8)C(O2)C(OC)C7OC)C(OC)C6OC)C(OC)C5OC)C(OC)C4OC)C(OC)C3OC)C1OC. The normalized spacial score (nSPS) is 34.1. The lowest BCUT2D eigenvalue weighted by Crippen LogP contribution is -2.70. The second-order valence-electron chi connectivity index (χ2n) is 29.3. The highest BCUT2D eigenvalue weighted by atomic mass is 16.8. The van der Waals surface area contributed by atoms with E-state index in [1.54, 1.807) is 0 Å². The first kappa shape index (κ1) is 94.4. The molecular formula is C84H102N6O36. The fourth-order valence-corrected chi connectivity index (χ4v) is 16.1. The van der Waals surface area contributed by atoms with E-state index in [0.29, 0.717) is 0 Å². The van der Waals surface area contributed by atoms with Gasteiger partial charge in [-0.25, -0.2) is 28.8 Å². The first-order chi connectivity index (χ1) is 61.4. The van der Waals surface area contributed by atoms with E-state index in [1.807, 2.05) is 0 Å². The molecule has 0 N–H and O–H groups in total. The Morgan fingerprint density at radius 3 is 0.429 bits per heavy atom. The summed E-state index contributed by atoms with van der Waals surface area (Å²) < 4.78 is 198. The molecule has 0 aromatic carbocycles. The summed E-state index contributed by atoms with van der Waals surface area (Å²) in [6, 6.07) is 17.3. The summed E-state index contributed by atoms with van der Waals surface area (Å²) in [5.41, 5.74) is 0.603. The molecular weight excluding hydrogens is 1670 g/mol. The Balaban J connectivity index is 0.961. The van der Waals surface area contributed by atoms with Crippen LogP contribution in [0.25, 0.3) is 0 Å². The molecule has 12 bridgehead atoms. The number of carbonyl (C=O) groups excluding carboxylic acids is 6. The van der Waals surface area contributed by atoms with Gasteiger partial charge >= 0.3 is 35.8 Å². The minimum absolute atomic E-state index is 0.100. The molecule has 30 unspecified atom stereocenters.